The lowest BCUT2D eigenvalue weighted by molar-refractivity contribution is -0.142. The van der Waals surface area contributed by atoms with Crippen LogP contribution in [0, 0.1) is 0 Å². The Balaban J connectivity index is 2.62. The highest BCUT2D eigenvalue weighted by Gasteiger charge is 2.43. The van der Waals surface area contributed by atoms with Crippen molar-refractivity contribution in [3.05, 3.63) is 0 Å². The average molecular weight is 216 g/mol. The number of aliphatic hydroxyl groups excluding tert-OH is 1. The second kappa shape index (κ2) is 5.44. The van der Waals surface area contributed by atoms with E-state index in [0.29, 0.717) is 19.6 Å². The zero-order valence-corrected chi connectivity index (χ0v) is 9.20. The largest absolute Gasteiger partial charge is 0.481 e. The lowest BCUT2D eigenvalue weighted by Crippen LogP contribution is -2.70. The fourth-order valence-electron chi connectivity index (χ4n) is 2.13. The number of carbonyl (C=O) groups is 1. The summed E-state index contributed by atoms with van der Waals surface area (Å²) in [5, 5.41) is 21.0. The Morgan fingerprint density at radius 1 is 1.47 bits per heavy atom. The monoisotopic (exact) mass is 216 g/mol. The summed E-state index contributed by atoms with van der Waals surface area (Å²) in [7, 11) is 0. The van der Waals surface area contributed by atoms with E-state index in [0.717, 1.165) is 13.0 Å². The van der Waals surface area contributed by atoms with Gasteiger partial charge in [0.05, 0.1) is 18.6 Å². The summed E-state index contributed by atoms with van der Waals surface area (Å²) >= 11 is 0. The van der Waals surface area contributed by atoms with Gasteiger partial charge in [0.2, 0.25) is 0 Å². The molecular weight excluding hydrogens is 196 g/mol. The molecule has 0 aliphatic carbocycles. The van der Waals surface area contributed by atoms with E-state index in [-0.39, 0.29) is 18.6 Å². The normalized spacial score (nSPS) is 18.9. The first kappa shape index (κ1) is 12.4. The molecule has 0 spiro atoms. The molecule has 1 heterocycles. The number of β-amino-alcohol motifs (C(OH)–C–C–N with tert-alkyl or cyclic N) is 1. The van der Waals surface area contributed by atoms with Crippen LogP contribution in [-0.4, -0.2) is 59.4 Å². The van der Waals surface area contributed by atoms with Crippen molar-refractivity contribution in [1.82, 2.24) is 10.2 Å². The van der Waals surface area contributed by atoms with Crippen LogP contribution in [0.5, 0.6) is 0 Å². The van der Waals surface area contributed by atoms with Crippen molar-refractivity contribution in [2.75, 3.05) is 32.8 Å². The first-order chi connectivity index (χ1) is 7.14. The van der Waals surface area contributed by atoms with Crippen molar-refractivity contribution < 1.29 is 15.0 Å². The second-order valence-corrected chi connectivity index (χ2v) is 4.11. The van der Waals surface area contributed by atoms with E-state index in [1.807, 2.05) is 0 Å². The fraction of sp³-hybridized carbons (Fsp3) is 0.900. The molecular formula is C10H20N2O3. The minimum absolute atomic E-state index is 0.0847. The maximum absolute atomic E-state index is 10.8. The molecule has 3 N–H and O–H groups in total. The van der Waals surface area contributed by atoms with Crippen LogP contribution in [0.2, 0.25) is 0 Å². The first-order valence-corrected chi connectivity index (χ1v) is 5.43. The SMILES string of the molecule is CCCN(CCO)C1(CC(=O)O)CNC1. The van der Waals surface area contributed by atoms with Crippen molar-refractivity contribution in [3.63, 3.8) is 0 Å². The molecule has 0 radical (unpaired) electrons. The Bertz CT molecular complexity index is 211. The van der Waals surface area contributed by atoms with E-state index >= 15 is 0 Å². The minimum Gasteiger partial charge on any atom is -0.481 e. The van der Waals surface area contributed by atoms with Gasteiger partial charge in [-0.05, 0) is 13.0 Å². The highest BCUT2D eigenvalue weighted by Crippen LogP contribution is 2.24. The van der Waals surface area contributed by atoms with Crippen LogP contribution < -0.4 is 5.32 Å². The van der Waals surface area contributed by atoms with Gasteiger partial charge in [0.15, 0.2) is 0 Å². The van der Waals surface area contributed by atoms with E-state index in [9.17, 15) is 4.79 Å². The molecule has 1 rings (SSSR count). The Morgan fingerprint density at radius 2 is 2.13 bits per heavy atom. The molecule has 5 nitrogen and oxygen atoms in total. The molecule has 1 fully saturated rings. The molecule has 0 bridgehead atoms. The summed E-state index contributed by atoms with van der Waals surface area (Å²) in [6.45, 7) is 4.96. The van der Waals surface area contributed by atoms with Gasteiger partial charge in [-0.2, -0.15) is 0 Å². The van der Waals surface area contributed by atoms with Crippen molar-refractivity contribution in [1.29, 1.82) is 0 Å². The number of nitrogens with one attached hydrogen (secondary N) is 1. The summed E-state index contributed by atoms with van der Waals surface area (Å²) in [6, 6.07) is 0. The quantitative estimate of drug-likeness (QED) is 0.535. The lowest BCUT2D eigenvalue weighted by Gasteiger charge is -2.50. The second-order valence-electron chi connectivity index (χ2n) is 4.11. The lowest BCUT2D eigenvalue weighted by atomic mass is 9.86. The zero-order chi connectivity index (χ0) is 11.3. The molecule has 0 aromatic carbocycles. The summed E-state index contributed by atoms with van der Waals surface area (Å²) in [5.41, 5.74) is -0.273. The summed E-state index contributed by atoms with van der Waals surface area (Å²) in [4.78, 5) is 12.9. The van der Waals surface area contributed by atoms with Crippen molar-refractivity contribution in [2.45, 2.75) is 25.3 Å². The maximum Gasteiger partial charge on any atom is 0.305 e. The number of aliphatic carboxylic acids is 1. The van der Waals surface area contributed by atoms with E-state index in [1.54, 1.807) is 0 Å². The van der Waals surface area contributed by atoms with Crippen LogP contribution in [-0.2, 0) is 4.79 Å². The van der Waals surface area contributed by atoms with Gasteiger partial charge in [0.1, 0.15) is 0 Å². The van der Waals surface area contributed by atoms with Gasteiger partial charge in [0.25, 0.3) is 0 Å². The first-order valence-electron chi connectivity index (χ1n) is 5.43. The summed E-state index contributed by atoms with van der Waals surface area (Å²) in [5.74, 6) is -0.768. The van der Waals surface area contributed by atoms with Gasteiger partial charge in [-0.3, -0.25) is 9.69 Å². The highest BCUT2D eigenvalue weighted by molar-refractivity contribution is 5.68. The van der Waals surface area contributed by atoms with Gasteiger partial charge in [0, 0.05) is 19.6 Å². The zero-order valence-electron chi connectivity index (χ0n) is 9.20. The number of hydrogen-bond acceptors (Lipinski definition) is 4. The number of rotatable bonds is 7. The molecule has 15 heavy (non-hydrogen) atoms. The van der Waals surface area contributed by atoms with E-state index in [1.165, 1.54) is 0 Å². The molecule has 0 aromatic rings. The standard InChI is InChI=1S/C10H20N2O3/c1-2-3-12(4-5-13)10(6-9(14)15)7-11-8-10/h11,13H,2-8H2,1H3,(H,14,15). The van der Waals surface area contributed by atoms with E-state index < -0.39 is 5.97 Å². The topological polar surface area (TPSA) is 72.8 Å². The van der Waals surface area contributed by atoms with Crippen molar-refractivity contribution in [3.8, 4) is 0 Å². The molecule has 88 valence electrons. The van der Waals surface area contributed by atoms with Crippen LogP contribution in [0.25, 0.3) is 0 Å². The maximum atomic E-state index is 10.8. The molecule has 0 amide bonds. The van der Waals surface area contributed by atoms with Crippen molar-refractivity contribution in [2.24, 2.45) is 0 Å². The van der Waals surface area contributed by atoms with Crippen LogP contribution in [0.15, 0.2) is 0 Å². The third kappa shape index (κ3) is 2.90. The molecule has 5 heteroatoms. The van der Waals surface area contributed by atoms with Gasteiger partial charge < -0.3 is 15.5 Å². The average Bonchev–Trinajstić information content (AvgIpc) is 2.11. The predicted molar refractivity (Wildman–Crippen MR) is 56.8 cm³/mol. The minimum atomic E-state index is -0.768. The third-order valence-electron chi connectivity index (χ3n) is 2.92. The molecule has 0 unspecified atom stereocenters. The summed E-state index contributed by atoms with van der Waals surface area (Å²) < 4.78 is 0. The number of carboxylic acid groups (broad SMARTS) is 1. The van der Waals surface area contributed by atoms with Gasteiger partial charge in [-0.1, -0.05) is 6.92 Å². The van der Waals surface area contributed by atoms with Crippen LogP contribution >= 0.6 is 0 Å². The highest BCUT2D eigenvalue weighted by atomic mass is 16.4. The smallest absolute Gasteiger partial charge is 0.305 e. The van der Waals surface area contributed by atoms with Crippen molar-refractivity contribution >= 4 is 5.97 Å². The van der Waals surface area contributed by atoms with Gasteiger partial charge in [-0.15, -0.1) is 0 Å². The number of hydrogen-bond donors (Lipinski definition) is 3. The predicted octanol–water partition coefficient (Wildman–Crippen LogP) is -0.493. The van der Waals surface area contributed by atoms with Crippen LogP contribution in [0.3, 0.4) is 0 Å². The third-order valence-corrected chi connectivity index (χ3v) is 2.92. The molecule has 0 atom stereocenters. The Labute approximate surface area is 90.1 Å². The fourth-order valence-corrected chi connectivity index (χ4v) is 2.13. The Hall–Kier alpha value is -0.650. The number of carboxylic acids is 1. The van der Waals surface area contributed by atoms with Gasteiger partial charge in [-0.25, -0.2) is 0 Å². The number of aliphatic hydroxyl groups is 1. The Kier molecular flexibility index (Phi) is 4.50. The summed E-state index contributed by atoms with van der Waals surface area (Å²) in [6.07, 6.45) is 1.13. The Morgan fingerprint density at radius 3 is 2.47 bits per heavy atom. The molecule has 0 aromatic heterocycles. The van der Waals surface area contributed by atoms with Crippen LogP contribution in [0.4, 0.5) is 0 Å². The van der Waals surface area contributed by atoms with E-state index in [4.69, 9.17) is 10.2 Å². The molecule has 1 saturated heterocycles. The van der Waals surface area contributed by atoms with Crippen LogP contribution in [0.1, 0.15) is 19.8 Å². The molecule has 1 aliphatic rings. The molecule has 1 aliphatic heterocycles. The molecule has 0 saturated carbocycles. The van der Waals surface area contributed by atoms with E-state index in [2.05, 4.69) is 17.1 Å². The van der Waals surface area contributed by atoms with Gasteiger partial charge >= 0.3 is 5.97 Å². The number of nitrogens with zero attached hydrogens (tertiary/aromatic N) is 1.